The van der Waals surface area contributed by atoms with Gasteiger partial charge >= 0.3 is 5.97 Å². The summed E-state index contributed by atoms with van der Waals surface area (Å²) in [6.45, 7) is 0.681. The Morgan fingerprint density at radius 1 is 1.25 bits per heavy atom. The van der Waals surface area contributed by atoms with Gasteiger partial charge in [0.25, 0.3) is 5.91 Å². The van der Waals surface area contributed by atoms with Gasteiger partial charge in [0.05, 0.1) is 17.0 Å². The first-order valence-electron chi connectivity index (χ1n) is 7.23. The van der Waals surface area contributed by atoms with Gasteiger partial charge in [0.1, 0.15) is 11.6 Å². The molecule has 1 aromatic rings. The first kappa shape index (κ1) is 18.2. The SMILES string of the molecule is C[C@@]1(NC(=O)COC(=O)COc2ccc(F)cc2)CCS(=O)(=O)C1. The highest BCUT2D eigenvalue weighted by molar-refractivity contribution is 7.91. The maximum atomic E-state index is 12.7. The molecule has 1 aromatic carbocycles. The highest BCUT2D eigenvalue weighted by Gasteiger charge is 2.39. The molecule has 1 amide bonds. The van der Waals surface area contributed by atoms with Crippen molar-refractivity contribution in [2.24, 2.45) is 0 Å². The van der Waals surface area contributed by atoms with Crippen molar-refractivity contribution in [1.82, 2.24) is 5.32 Å². The van der Waals surface area contributed by atoms with Crippen LogP contribution in [0.25, 0.3) is 0 Å². The van der Waals surface area contributed by atoms with E-state index in [9.17, 15) is 22.4 Å². The van der Waals surface area contributed by atoms with E-state index >= 15 is 0 Å². The van der Waals surface area contributed by atoms with Gasteiger partial charge in [-0.2, -0.15) is 0 Å². The number of hydrogen-bond acceptors (Lipinski definition) is 6. The summed E-state index contributed by atoms with van der Waals surface area (Å²) < 4.78 is 45.5. The van der Waals surface area contributed by atoms with E-state index < -0.39 is 46.3 Å². The lowest BCUT2D eigenvalue weighted by Crippen LogP contribution is -2.48. The van der Waals surface area contributed by atoms with Gasteiger partial charge in [0, 0.05) is 0 Å². The fourth-order valence-corrected chi connectivity index (χ4v) is 4.44. The second-order valence-corrected chi connectivity index (χ2v) is 8.04. The van der Waals surface area contributed by atoms with Gasteiger partial charge < -0.3 is 14.8 Å². The number of halogens is 1. The monoisotopic (exact) mass is 359 g/mol. The highest BCUT2D eigenvalue weighted by atomic mass is 32.2. The van der Waals surface area contributed by atoms with Gasteiger partial charge in [-0.25, -0.2) is 17.6 Å². The number of carbonyl (C=O) groups excluding carboxylic acids is 2. The molecule has 1 heterocycles. The van der Waals surface area contributed by atoms with E-state index in [1.165, 1.54) is 24.3 Å². The molecule has 0 bridgehead atoms. The molecule has 1 fully saturated rings. The number of sulfone groups is 1. The molecule has 0 spiro atoms. The van der Waals surface area contributed by atoms with Gasteiger partial charge in [0.15, 0.2) is 23.1 Å². The van der Waals surface area contributed by atoms with Crippen LogP contribution >= 0.6 is 0 Å². The number of carbonyl (C=O) groups is 2. The number of rotatable bonds is 6. The van der Waals surface area contributed by atoms with Crippen LogP contribution in [-0.2, 0) is 24.2 Å². The molecule has 2 rings (SSSR count). The van der Waals surface area contributed by atoms with Crippen LogP contribution in [0.4, 0.5) is 4.39 Å². The fraction of sp³-hybridized carbons (Fsp3) is 0.467. The maximum Gasteiger partial charge on any atom is 0.344 e. The molecule has 132 valence electrons. The molecule has 1 aliphatic rings. The molecule has 7 nitrogen and oxygen atoms in total. The topological polar surface area (TPSA) is 98.8 Å². The third-order valence-electron chi connectivity index (χ3n) is 3.48. The summed E-state index contributed by atoms with van der Waals surface area (Å²) in [6.07, 6.45) is 0.322. The molecule has 0 saturated carbocycles. The largest absolute Gasteiger partial charge is 0.482 e. The summed E-state index contributed by atoms with van der Waals surface area (Å²) in [5.74, 6) is -1.59. The van der Waals surface area contributed by atoms with Crippen LogP contribution in [0.15, 0.2) is 24.3 Å². The molecule has 0 unspecified atom stereocenters. The average molecular weight is 359 g/mol. The number of nitrogens with one attached hydrogen (secondary N) is 1. The lowest BCUT2D eigenvalue weighted by molar-refractivity contribution is -0.150. The van der Waals surface area contributed by atoms with Crippen molar-refractivity contribution >= 4 is 21.7 Å². The summed E-state index contributed by atoms with van der Waals surface area (Å²) >= 11 is 0. The van der Waals surface area contributed by atoms with E-state index in [0.29, 0.717) is 12.2 Å². The molecular weight excluding hydrogens is 341 g/mol. The Bertz CT molecular complexity index is 718. The first-order valence-corrected chi connectivity index (χ1v) is 9.05. The number of esters is 1. The van der Waals surface area contributed by atoms with Gasteiger partial charge in [0.2, 0.25) is 0 Å². The Hall–Kier alpha value is -2.16. The van der Waals surface area contributed by atoms with E-state index in [4.69, 9.17) is 9.47 Å². The van der Waals surface area contributed by atoms with Crippen molar-refractivity contribution in [2.75, 3.05) is 24.7 Å². The normalized spacial score (nSPS) is 21.9. The minimum Gasteiger partial charge on any atom is -0.482 e. The number of benzene rings is 1. The van der Waals surface area contributed by atoms with Gasteiger partial charge in [-0.05, 0) is 37.6 Å². The molecule has 0 aromatic heterocycles. The van der Waals surface area contributed by atoms with E-state index in [-0.39, 0.29) is 11.5 Å². The Morgan fingerprint density at radius 2 is 1.92 bits per heavy atom. The summed E-state index contributed by atoms with van der Waals surface area (Å²) in [7, 11) is -3.14. The van der Waals surface area contributed by atoms with Crippen LogP contribution < -0.4 is 10.1 Å². The molecular formula is C15H18FNO6S. The third kappa shape index (κ3) is 5.48. The minimum absolute atomic E-state index is 0.0229. The Labute approximate surface area is 139 Å². The average Bonchev–Trinajstić information content (AvgIpc) is 2.78. The van der Waals surface area contributed by atoms with Crippen molar-refractivity contribution in [2.45, 2.75) is 18.9 Å². The van der Waals surface area contributed by atoms with E-state index in [0.717, 1.165) is 0 Å². The van der Waals surface area contributed by atoms with Crippen molar-refractivity contribution in [1.29, 1.82) is 0 Å². The Morgan fingerprint density at radius 3 is 2.50 bits per heavy atom. The van der Waals surface area contributed by atoms with Gasteiger partial charge in [-0.3, -0.25) is 4.79 Å². The lowest BCUT2D eigenvalue weighted by atomic mass is 10.0. The minimum atomic E-state index is -3.14. The number of hydrogen-bond donors (Lipinski definition) is 1. The predicted molar refractivity (Wildman–Crippen MR) is 82.7 cm³/mol. The van der Waals surface area contributed by atoms with Gasteiger partial charge in [-0.15, -0.1) is 0 Å². The van der Waals surface area contributed by atoms with E-state index in [1.54, 1.807) is 6.92 Å². The molecule has 24 heavy (non-hydrogen) atoms. The van der Waals surface area contributed by atoms with Gasteiger partial charge in [-0.1, -0.05) is 0 Å². The molecule has 1 aliphatic heterocycles. The zero-order valence-corrected chi connectivity index (χ0v) is 13.9. The zero-order chi connectivity index (χ0) is 17.8. The van der Waals surface area contributed by atoms with Crippen LogP contribution in [0, 0.1) is 5.82 Å². The summed E-state index contributed by atoms with van der Waals surface area (Å²) in [5, 5.41) is 2.57. The van der Waals surface area contributed by atoms with Crippen LogP contribution in [0.1, 0.15) is 13.3 Å². The predicted octanol–water partition coefficient (Wildman–Crippen LogP) is 0.441. The summed E-state index contributed by atoms with van der Waals surface area (Å²) in [4.78, 5) is 23.3. The van der Waals surface area contributed by atoms with Crippen LogP contribution in [-0.4, -0.2) is 50.6 Å². The van der Waals surface area contributed by atoms with Crippen molar-refractivity contribution in [3.63, 3.8) is 0 Å². The fourth-order valence-electron chi connectivity index (χ4n) is 2.34. The van der Waals surface area contributed by atoms with Crippen molar-refractivity contribution in [3.05, 3.63) is 30.1 Å². The number of amides is 1. The van der Waals surface area contributed by atoms with E-state index in [1.807, 2.05) is 0 Å². The highest BCUT2D eigenvalue weighted by Crippen LogP contribution is 2.22. The summed E-state index contributed by atoms with van der Waals surface area (Å²) in [6, 6.07) is 5.09. The molecule has 0 aliphatic carbocycles. The van der Waals surface area contributed by atoms with Crippen LogP contribution in [0.3, 0.4) is 0 Å². The van der Waals surface area contributed by atoms with Crippen molar-refractivity contribution in [3.8, 4) is 5.75 Å². The second kappa shape index (κ2) is 7.16. The smallest absolute Gasteiger partial charge is 0.344 e. The Kier molecular flexibility index (Phi) is 5.43. The molecule has 1 atom stereocenters. The first-order chi connectivity index (χ1) is 11.2. The number of ether oxygens (including phenoxy) is 2. The van der Waals surface area contributed by atoms with Crippen molar-refractivity contribution < 1.29 is 31.9 Å². The molecule has 1 N–H and O–H groups in total. The zero-order valence-electron chi connectivity index (χ0n) is 13.1. The molecule has 0 radical (unpaired) electrons. The third-order valence-corrected chi connectivity index (χ3v) is 5.38. The quantitative estimate of drug-likeness (QED) is 0.740. The van der Waals surface area contributed by atoms with Crippen LogP contribution in [0.2, 0.25) is 0 Å². The standard InChI is InChI=1S/C15H18FNO6S/c1-15(6-7-24(20,21)10-15)17-13(18)8-23-14(19)9-22-12-4-2-11(16)3-5-12/h2-5H,6-10H2,1H3,(H,17,18)/t15-/m1/s1. The molecule has 1 saturated heterocycles. The lowest BCUT2D eigenvalue weighted by Gasteiger charge is -2.23. The maximum absolute atomic E-state index is 12.7. The second-order valence-electron chi connectivity index (χ2n) is 5.85. The summed E-state index contributed by atoms with van der Waals surface area (Å²) in [5.41, 5.74) is -0.840. The molecule has 9 heteroatoms. The van der Waals surface area contributed by atoms with Crippen LogP contribution in [0.5, 0.6) is 5.75 Å². The van der Waals surface area contributed by atoms with E-state index in [2.05, 4.69) is 5.32 Å². The Balaban J connectivity index is 1.71.